The van der Waals surface area contributed by atoms with Gasteiger partial charge in [0.2, 0.25) is 0 Å². The van der Waals surface area contributed by atoms with E-state index in [2.05, 4.69) is 5.43 Å². The molecule has 0 bridgehead atoms. The molecule has 5 nitrogen and oxygen atoms in total. The van der Waals surface area contributed by atoms with Gasteiger partial charge in [0.15, 0.2) is 0 Å². The third-order valence-corrected chi connectivity index (χ3v) is 2.53. The molecule has 0 aliphatic rings. The zero-order valence-corrected chi connectivity index (χ0v) is 11.3. The van der Waals surface area contributed by atoms with Crippen molar-refractivity contribution in [2.75, 3.05) is 19.0 Å². The molecule has 0 aliphatic carbocycles. The minimum atomic E-state index is -0.926. The molecule has 0 unspecified atom stereocenters. The quantitative estimate of drug-likeness (QED) is 0.553. The number of anilines is 1. The third-order valence-electron chi connectivity index (χ3n) is 2.53. The molecular formula is C13H21N3O2. The lowest BCUT2D eigenvalue weighted by molar-refractivity contribution is 0.0368. The van der Waals surface area contributed by atoms with Crippen LogP contribution in [0.4, 0.5) is 5.69 Å². The number of aliphatic hydroxyl groups is 1. The van der Waals surface area contributed by atoms with Gasteiger partial charge in [-0.3, -0.25) is 10.6 Å². The monoisotopic (exact) mass is 251 g/mol. The van der Waals surface area contributed by atoms with Crippen LogP contribution in [0.3, 0.4) is 0 Å². The number of nitrogens with one attached hydrogen (secondary N) is 1. The Morgan fingerprint density at radius 3 is 2.61 bits per heavy atom. The molecule has 0 radical (unpaired) electrons. The number of hydrazine groups is 1. The van der Waals surface area contributed by atoms with Crippen molar-refractivity contribution >= 4 is 11.6 Å². The fourth-order valence-corrected chi connectivity index (χ4v) is 1.82. The predicted molar refractivity (Wildman–Crippen MR) is 72.2 cm³/mol. The summed E-state index contributed by atoms with van der Waals surface area (Å²) in [6, 6.07) is 5.42. The van der Waals surface area contributed by atoms with Crippen LogP contribution in [-0.4, -0.2) is 35.1 Å². The first kappa shape index (κ1) is 14.5. The first-order valence-electron chi connectivity index (χ1n) is 5.80. The normalized spacial score (nSPS) is 11.2. The number of nitrogens with zero attached hydrogens (tertiary/aromatic N) is 1. The van der Waals surface area contributed by atoms with Crippen molar-refractivity contribution in [3.63, 3.8) is 0 Å². The highest BCUT2D eigenvalue weighted by Gasteiger charge is 2.22. The van der Waals surface area contributed by atoms with Gasteiger partial charge in [-0.15, -0.1) is 0 Å². The maximum absolute atomic E-state index is 12.3. The van der Waals surface area contributed by atoms with E-state index in [0.717, 1.165) is 5.56 Å². The van der Waals surface area contributed by atoms with E-state index in [-0.39, 0.29) is 12.5 Å². The van der Waals surface area contributed by atoms with Crippen molar-refractivity contribution in [1.82, 2.24) is 4.90 Å². The number of benzene rings is 1. The highest BCUT2D eigenvalue weighted by atomic mass is 16.3. The highest BCUT2D eigenvalue weighted by Crippen LogP contribution is 2.18. The summed E-state index contributed by atoms with van der Waals surface area (Å²) in [6.45, 7) is 5.49. The summed E-state index contributed by atoms with van der Waals surface area (Å²) in [5.74, 6) is 5.22. The Hall–Kier alpha value is -1.59. The molecule has 0 aliphatic heterocycles. The molecule has 0 spiro atoms. The molecule has 1 aromatic carbocycles. The Morgan fingerprint density at radius 1 is 1.50 bits per heavy atom. The molecule has 1 rings (SSSR count). The minimum Gasteiger partial charge on any atom is -0.389 e. The second kappa shape index (κ2) is 5.37. The first-order valence-corrected chi connectivity index (χ1v) is 5.80. The van der Waals surface area contributed by atoms with Crippen LogP contribution in [0, 0.1) is 6.92 Å². The number of hydrogen-bond acceptors (Lipinski definition) is 4. The summed E-state index contributed by atoms with van der Waals surface area (Å²) in [6.07, 6.45) is 0. The summed E-state index contributed by atoms with van der Waals surface area (Å²) < 4.78 is 0. The second-order valence-electron chi connectivity index (χ2n) is 5.17. The number of likely N-dealkylation sites (N-methyl/N-ethyl adjacent to an activating group) is 1. The number of nitrogens with two attached hydrogens (primary N) is 1. The molecule has 0 aromatic heterocycles. The van der Waals surface area contributed by atoms with Gasteiger partial charge in [-0.1, -0.05) is 11.6 Å². The van der Waals surface area contributed by atoms with Crippen LogP contribution in [0.1, 0.15) is 29.8 Å². The number of carbonyl (C=O) groups excluding carboxylic acids is 1. The van der Waals surface area contributed by atoms with Crippen LogP contribution < -0.4 is 11.3 Å². The average Bonchev–Trinajstić information content (AvgIpc) is 2.25. The molecular weight excluding hydrogens is 230 g/mol. The van der Waals surface area contributed by atoms with E-state index in [1.165, 1.54) is 4.90 Å². The van der Waals surface area contributed by atoms with Crippen molar-refractivity contribution in [1.29, 1.82) is 0 Å². The molecule has 0 heterocycles. The lowest BCUT2D eigenvalue weighted by Crippen LogP contribution is -2.40. The van der Waals surface area contributed by atoms with Crippen molar-refractivity contribution < 1.29 is 9.90 Å². The van der Waals surface area contributed by atoms with Gasteiger partial charge in [0.05, 0.1) is 16.9 Å². The van der Waals surface area contributed by atoms with Crippen LogP contribution in [0.5, 0.6) is 0 Å². The lowest BCUT2D eigenvalue weighted by Gasteiger charge is -2.26. The Morgan fingerprint density at radius 2 is 2.11 bits per heavy atom. The van der Waals surface area contributed by atoms with Gasteiger partial charge >= 0.3 is 0 Å². The van der Waals surface area contributed by atoms with Crippen molar-refractivity contribution in [3.8, 4) is 0 Å². The molecule has 0 saturated heterocycles. The molecule has 100 valence electrons. The number of amides is 1. The molecule has 0 fully saturated rings. The van der Waals surface area contributed by atoms with Gasteiger partial charge in [0, 0.05) is 13.6 Å². The standard InChI is InChI=1S/C13H21N3O2/c1-9-5-6-11(15-14)10(7-9)12(17)16(4)8-13(2,3)18/h5-7,15,18H,8,14H2,1-4H3. The predicted octanol–water partition coefficient (Wildman–Crippen LogP) is 1.12. The van der Waals surface area contributed by atoms with E-state index in [1.807, 2.05) is 13.0 Å². The molecule has 4 N–H and O–H groups in total. The first-order chi connectivity index (χ1) is 8.24. The molecule has 1 aromatic rings. The molecule has 18 heavy (non-hydrogen) atoms. The highest BCUT2D eigenvalue weighted by molar-refractivity contribution is 5.99. The SMILES string of the molecule is Cc1ccc(NN)c(C(=O)N(C)CC(C)(C)O)c1. The number of hydrogen-bond donors (Lipinski definition) is 3. The van der Waals surface area contributed by atoms with E-state index >= 15 is 0 Å². The van der Waals surface area contributed by atoms with Crippen LogP contribution in [0.15, 0.2) is 18.2 Å². The number of rotatable bonds is 4. The molecule has 1 amide bonds. The van der Waals surface area contributed by atoms with Gasteiger partial charge in [0.1, 0.15) is 0 Å². The van der Waals surface area contributed by atoms with Crippen molar-refractivity contribution in [3.05, 3.63) is 29.3 Å². The zero-order valence-electron chi connectivity index (χ0n) is 11.3. The largest absolute Gasteiger partial charge is 0.389 e. The summed E-state index contributed by atoms with van der Waals surface area (Å²) >= 11 is 0. The summed E-state index contributed by atoms with van der Waals surface area (Å²) in [5, 5.41) is 9.73. The van der Waals surface area contributed by atoms with E-state index in [0.29, 0.717) is 11.3 Å². The van der Waals surface area contributed by atoms with Crippen LogP contribution >= 0.6 is 0 Å². The zero-order chi connectivity index (χ0) is 13.9. The third kappa shape index (κ3) is 3.72. The lowest BCUT2D eigenvalue weighted by atomic mass is 10.1. The molecule has 0 saturated carbocycles. The number of aryl methyl sites for hydroxylation is 1. The van der Waals surface area contributed by atoms with Gasteiger partial charge in [-0.25, -0.2) is 0 Å². The average molecular weight is 251 g/mol. The maximum atomic E-state index is 12.3. The van der Waals surface area contributed by atoms with E-state index in [9.17, 15) is 9.90 Å². The van der Waals surface area contributed by atoms with Crippen LogP contribution in [0.2, 0.25) is 0 Å². The Balaban J connectivity index is 2.99. The van der Waals surface area contributed by atoms with Crippen LogP contribution in [0.25, 0.3) is 0 Å². The van der Waals surface area contributed by atoms with Gasteiger partial charge in [-0.05, 0) is 32.9 Å². The number of nitrogen functional groups attached to an aromatic ring is 1. The maximum Gasteiger partial charge on any atom is 0.255 e. The van der Waals surface area contributed by atoms with E-state index < -0.39 is 5.60 Å². The fraction of sp³-hybridized carbons (Fsp3) is 0.462. The Kier molecular flexibility index (Phi) is 4.32. The van der Waals surface area contributed by atoms with Gasteiger partial charge < -0.3 is 15.4 Å². The Bertz CT molecular complexity index is 438. The van der Waals surface area contributed by atoms with E-state index in [4.69, 9.17) is 5.84 Å². The van der Waals surface area contributed by atoms with E-state index in [1.54, 1.807) is 33.0 Å². The topological polar surface area (TPSA) is 78.6 Å². The summed E-state index contributed by atoms with van der Waals surface area (Å²) in [7, 11) is 1.66. The molecule has 5 heteroatoms. The van der Waals surface area contributed by atoms with Crippen LogP contribution in [-0.2, 0) is 0 Å². The molecule has 0 atom stereocenters. The second-order valence-corrected chi connectivity index (χ2v) is 5.17. The fourth-order valence-electron chi connectivity index (χ4n) is 1.82. The van der Waals surface area contributed by atoms with Crippen molar-refractivity contribution in [2.24, 2.45) is 5.84 Å². The minimum absolute atomic E-state index is 0.172. The smallest absolute Gasteiger partial charge is 0.255 e. The summed E-state index contributed by atoms with van der Waals surface area (Å²) in [4.78, 5) is 13.8. The number of carbonyl (C=O) groups is 1. The van der Waals surface area contributed by atoms with Crippen molar-refractivity contribution in [2.45, 2.75) is 26.4 Å². The van der Waals surface area contributed by atoms with Gasteiger partial charge in [0.25, 0.3) is 5.91 Å². The summed E-state index contributed by atoms with van der Waals surface area (Å²) in [5.41, 5.74) is 3.65. The van der Waals surface area contributed by atoms with Gasteiger partial charge in [-0.2, -0.15) is 0 Å². The Labute approximate surface area is 108 Å².